The van der Waals surface area contributed by atoms with Gasteiger partial charge in [0.25, 0.3) is 0 Å². The number of benzene rings is 1. The number of carbonyl (C=O) groups excluding carboxylic acids is 1. The Balaban J connectivity index is 1.57. The molecule has 0 radical (unpaired) electrons. The van der Waals surface area contributed by atoms with E-state index in [4.69, 9.17) is 23.2 Å². The van der Waals surface area contributed by atoms with E-state index in [1.54, 1.807) is 12.1 Å². The number of nitrogens with zero attached hydrogens (tertiary/aromatic N) is 3. The first-order chi connectivity index (χ1) is 12.0. The van der Waals surface area contributed by atoms with E-state index < -0.39 is 0 Å². The van der Waals surface area contributed by atoms with Crippen molar-refractivity contribution in [1.29, 1.82) is 0 Å². The predicted octanol–water partition coefficient (Wildman–Crippen LogP) is 4.28. The molecule has 0 bridgehead atoms. The monoisotopic (exact) mass is 398 g/mol. The molecule has 1 atom stereocenters. The molecule has 1 aromatic heterocycles. The summed E-state index contributed by atoms with van der Waals surface area (Å²) in [6.45, 7) is 2.84. The molecule has 25 heavy (non-hydrogen) atoms. The maximum atomic E-state index is 12.3. The number of aromatic nitrogens is 3. The molecule has 8 heteroatoms. The maximum Gasteiger partial charge on any atom is 0.230 e. The van der Waals surface area contributed by atoms with Crippen LogP contribution in [0.5, 0.6) is 0 Å². The van der Waals surface area contributed by atoms with Gasteiger partial charge in [0.1, 0.15) is 5.82 Å². The molecule has 0 unspecified atom stereocenters. The van der Waals surface area contributed by atoms with E-state index in [1.165, 1.54) is 18.2 Å². The van der Waals surface area contributed by atoms with Crippen LogP contribution in [0.4, 0.5) is 0 Å². The van der Waals surface area contributed by atoms with Crippen LogP contribution in [-0.4, -0.2) is 26.4 Å². The molecule has 5 nitrogen and oxygen atoms in total. The Bertz CT molecular complexity index is 765. The first-order valence-corrected chi connectivity index (χ1v) is 10.1. The van der Waals surface area contributed by atoms with E-state index in [0.717, 1.165) is 42.4 Å². The number of aryl methyl sites for hydroxylation is 1. The highest BCUT2D eigenvalue weighted by molar-refractivity contribution is 7.99. The average Bonchev–Trinajstić information content (AvgIpc) is 2.79. The smallest absolute Gasteiger partial charge is 0.230 e. The minimum absolute atomic E-state index is 0.0607. The molecule has 0 saturated carbocycles. The summed E-state index contributed by atoms with van der Waals surface area (Å²) in [7, 11) is 0. The number of hydrogen-bond acceptors (Lipinski definition) is 4. The molecule has 0 aliphatic carbocycles. The molecule has 0 saturated heterocycles. The van der Waals surface area contributed by atoms with E-state index in [-0.39, 0.29) is 11.9 Å². The number of halogens is 2. The van der Waals surface area contributed by atoms with Crippen molar-refractivity contribution in [3.05, 3.63) is 39.6 Å². The Hall–Kier alpha value is -1.24. The SMILES string of the molecule is C[C@H](NC(=O)CSc1nnc2n1CCCCC2)c1ccc(Cl)cc1Cl. The van der Waals surface area contributed by atoms with Crippen molar-refractivity contribution in [1.82, 2.24) is 20.1 Å². The van der Waals surface area contributed by atoms with Gasteiger partial charge in [0.15, 0.2) is 5.16 Å². The van der Waals surface area contributed by atoms with Crippen LogP contribution in [0.15, 0.2) is 23.4 Å². The number of carbonyl (C=O) groups is 1. The van der Waals surface area contributed by atoms with Crippen molar-refractivity contribution in [3.8, 4) is 0 Å². The number of amides is 1. The lowest BCUT2D eigenvalue weighted by molar-refractivity contribution is -0.119. The van der Waals surface area contributed by atoms with Gasteiger partial charge in [-0.2, -0.15) is 0 Å². The average molecular weight is 399 g/mol. The summed E-state index contributed by atoms with van der Waals surface area (Å²) in [4.78, 5) is 12.3. The standard InChI is InChI=1S/C17H20Cl2N4OS/c1-11(13-7-6-12(18)9-14(13)19)20-16(24)10-25-17-22-21-15-5-3-2-4-8-23(15)17/h6-7,9,11H,2-5,8,10H2,1H3,(H,20,24)/t11-/m0/s1. The van der Waals surface area contributed by atoms with Crippen molar-refractivity contribution < 1.29 is 4.79 Å². The van der Waals surface area contributed by atoms with Crippen molar-refractivity contribution in [2.45, 2.75) is 50.4 Å². The lowest BCUT2D eigenvalue weighted by atomic mass is 10.1. The predicted molar refractivity (Wildman–Crippen MR) is 101 cm³/mol. The van der Waals surface area contributed by atoms with Crippen LogP contribution in [0.1, 0.15) is 43.6 Å². The Morgan fingerprint density at radius 2 is 2.16 bits per heavy atom. The number of fused-ring (bicyclic) bond motifs is 1. The molecular formula is C17H20Cl2N4OS. The third kappa shape index (κ3) is 4.68. The Kier molecular flexibility index (Phi) is 6.25. The fourth-order valence-corrected chi connectivity index (χ4v) is 4.28. The summed E-state index contributed by atoms with van der Waals surface area (Å²) < 4.78 is 2.14. The quantitative estimate of drug-likeness (QED) is 0.763. The maximum absolute atomic E-state index is 12.3. The lowest BCUT2D eigenvalue weighted by Gasteiger charge is -2.16. The molecule has 134 valence electrons. The molecule has 0 spiro atoms. The second kappa shape index (κ2) is 8.43. The second-order valence-corrected chi connectivity index (χ2v) is 7.89. The minimum Gasteiger partial charge on any atom is -0.349 e. The van der Waals surface area contributed by atoms with E-state index in [9.17, 15) is 4.79 Å². The van der Waals surface area contributed by atoms with Gasteiger partial charge in [0.2, 0.25) is 5.91 Å². The van der Waals surface area contributed by atoms with Crippen molar-refractivity contribution in [2.24, 2.45) is 0 Å². The van der Waals surface area contributed by atoms with Gasteiger partial charge >= 0.3 is 0 Å². The molecule has 0 fully saturated rings. The van der Waals surface area contributed by atoms with E-state index in [0.29, 0.717) is 15.8 Å². The minimum atomic E-state index is -0.187. The first kappa shape index (κ1) is 18.5. The van der Waals surface area contributed by atoms with E-state index in [1.807, 2.05) is 13.0 Å². The van der Waals surface area contributed by atoms with Crippen molar-refractivity contribution in [3.63, 3.8) is 0 Å². The van der Waals surface area contributed by atoms with Gasteiger partial charge < -0.3 is 9.88 Å². The molecule has 1 aliphatic heterocycles. The van der Waals surface area contributed by atoms with Gasteiger partial charge in [-0.1, -0.05) is 47.5 Å². The number of nitrogens with one attached hydrogen (secondary N) is 1. The summed E-state index contributed by atoms with van der Waals surface area (Å²) in [6.07, 6.45) is 4.47. The fourth-order valence-electron chi connectivity index (χ4n) is 2.91. The van der Waals surface area contributed by atoms with Gasteiger partial charge in [0.05, 0.1) is 11.8 Å². The van der Waals surface area contributed by atoms with Crippen molar-refractivity contribution >= 4 is 40.9 Å². The third-order valence-corrected chi connectivity index (χ3v) is 5.74. The summed E-state index contributed by atoms with van der Waals surface area (Å²) >= 11 is 13.5. The first-order valence-electron chi connectivity index (χ1n) is 8.34. The summed E-state index contributed by atoms with van der Waals surface area (Å²) in [5.41, 5.74) is 0.848. The van der Waals surface area contributed by atoms with Gasteiger partial charge in [-0.25, -0.2) is 0 Å². The summed E-state index contributed by atoms with van der Waals surface area (Å²) in [5, 5.41) is 13.4. The van der Waals surface area contributed by atoms with E-state index >= 15 is 0 Å². The molecule has 2 aromatic rings. The van der Waals surface area contributed by atoms with Crippen molar-refractivity contribution in [2.75, 3.05) is 5.75 Å². The molecule has 3 rings (SSSR count). The number of rotatable bonds is 5. The summed E-state index contributed by atoms with van der Waals surface area (Å²) in [6, 6.07) is 5.10. The topological polar surface area (TPSA) is 59.8 Å². The fraction of sp³-hybridized carbons (Fsp3) is 0.471. The summed E-state index contributed by atoms with van der Waals surface area (Å²) in [5.74, 6) is 1.27. The highest BCUT2D eigenvalue weighted by Crippen LogP contribution is 2.26. The van der Waals surface area contributed by atoms with Crippen LogP contribution < -0.4 is 5.32 Å². The van der Waals surface area contributed by atoms with Crippen LogP contribution in [0.25, 0.3) is 0 Å². The Morgan fingerprint density at radius 3 is 2.96 bits per heavy atom. The van der Waals surface area contributed by atoms with Gasteiger partial charge in [0, 0.05) is 23.0 Å². The van der Waals surface area contributed by atoms with Gasteiger partial charge in [-0.3, -0.25) is 4.79 Å². The largest absolute Gasteiger partial charge is 0.349 e. The van der Waals surface area contributed by atoms with Gasteiger partial charge in [-0.15, -0.1) is 10.2 Å². The number of hydrogen-bond donors (Lipinski definition) is 1. The molecular weight excluding hydrogens is 379 g/mol. The highest BCUT2D eigenvalue weighted by atomic mass is 35.5. The number of thioether (sulfide) groups is 1. The Labute approximate surface area is 161 Å². The molecule has 1 aromatic carbocycles. The van der Waals surface area contributed by atoms with Gasteiger partial charge in [-0.05, 0) is 37.5 Å². The van der Waals surface area contributed by atoms with E-state index in [2.05, 4.69) is 20.1 Å². The zero-order valence-corrected chi connectivity index (χ0v) is 16.3. The van der Waals surface area contributed by atoms with Crippen LogP contribution in [0.2, 0.25) is 10.0 Å². The third-order valence-electron chi connectivity index (χ3n) is 4.21. The molecule has 1 N–H and O–H groups in total. The zero-order valence-electron chi connectivity index (χ0n) is 14.0. The van der Waals surface area contributed by atoms with Crippen LogP contribution >= 0.6 is 35.0 Å². The Morgan fingerprint density at radius 1 is 1.32 bits per heavy atom. The molecule has 1 aliphatic rings. The van der Waals surface area contributed by atoms with Crippen LogP contribution in [0, 0.1) is 0 Å². The molecule has 2 heterocycles. The van der Waals surface area contributed by atoms with Crippen LogP contribution in [-0.2, 0) is 17.8 Å². The zero-order chi connectivity index (χ0) is 17.8. The lowest BCUT2D eigenvalue weighted by Crippen LogP contribution is -2.28. The second-order valence-electron chi connectivity index (χ2n) is 6.10. The normalized spacial score (nSPS) is 15.3. The highest BCUT2D eigenvalue weighted by Gasteiger charge is 2.17. The molecule has 1 amide bonds. The van der Waals surface area contributed by atoms with Crippen LogP contribution in [0.3, 0.4) is 0 Å².